The third kappa shape index (κ3) is 3.92. The number of pyridine rings is 1. The van der Waals surface area contributed by atoms with Crippen LogP contribution in [0.4, 0.5) is 4.79 Å². The van der Waals surface area contributed by atoms with Crippen LogP contribution in [0.15, 0.2) is 36.5 Å². The summed E-state index contributed by atoms with van der Waals surface area (Å²) in [5.41, 5.74) is 1.96. The van der Waals surface area contributed by atoms with Gasteiger partial charge in [-0.05, 0) is 25.0 Å². The van der Waals surface area contributed by atoms with E-state index in [4.69, 9.17) is 5.11 Å². The van der Waals surface area contributed by atoms with Crippen molar-refractivity contribution in [3.8, 4) is 0 Å². The molecule has 2 rings (SSSR count). The first kappa shape index (κ1) is 14.8. The molecule has 0 bridgehead atoms. The molecule has 2 aromatic rings. The Morgan fingerprint density at radius 3 is 2.81 bits per heavy atom. The van der Waals surface area contributed by atoms with E-state index < -0.39 is 18.0 Å². The molecular weight excluding hydrogens is 270 g/mol. The maximum atomic E-state index is 11.5. The van der Waals surface area contributed by atoms with E-state index in [0.29, 0.717) is 13.0 Å². The van der Waals surface area contributed by atoms with Gasteiger partial charge in [0.15, 0.2) is 0 Å². The second-order valence-electron chi connectivity index (χ2n) is 4.70. The average molecular weight is 287 g/mol. The predicted octanol–water partition coefficient (Wildman–Crippen LogP) is 1.55. The van der Waals surface area contributed by atoms with Crippen molar-refractivity contribution >= 4 is 22.9 Å². The molecule has 0 spiro atoms. The van der Waals surface area contributed by atoms with Gasteiger partial charge in [-0.1, -0.05) is 24.3 Å². The van der Waals surface area contributed by atoms with Crippen LogP contribution in [0, 0.1) is 0 Å². The number of nitrogens with one attached hydrogen (secondary N) is 2. The fourth-order valence-corrected chi connectivity index (χ4v) is 1.99. The van der Waals surface area contributed by atoms with Crippen molar-refractivity contribution < 1.29 is 14.7 Å². The summed E-state index contributed by atoms with van der Waals surface area (Å²) in [7, 11) is 0. The molecule has 0 aliphatic carbocycles. The van der Waals surface area contributed by atoms with E-state index in [0.717, 1.165) is 16.5 Å². The number of amides is 2. The van der Waals surface area contributed by atoms with Gasteiger partial charge >= 0.3 is 12.0 Å². The zero-order valence-corrected chi connectivity index (χ0v) is 11.7. The van der Waals surface area contributed by atoms with Gasteiger partial charge in [0.1, 0.15) is 6.04 Å². The SMILES string of the molecule is C[C@@H](NC(=O)NCCc1cccc2cccnc12)C(=O)O. The molecule has 1 atom stereocenters. The topological polar surface area (TPSA) is 91.3 Å². The van der Waals surface area contributed by atoms with E-state index in [9.17, 15) is 9.59 Å². The zero-order chi connectivity index (χ0) is 15.2. The summed E-state index contributed by atoms with van der Waals surface area (Å²) in [5.74, 6) is -1.07. The number of aliphatic carboxylic acids is 1. The molecule has 0 unspecified atom stereocenters. The van der Waals surface area contributed by atoms with Crippen molar-refractivity contribution in [1.82, 2.24) is 15.6 Å². The Bertz CT molecular complexity index is 652. The number of urea groups is 1. The van der Waals surface area contributed by atoms with Crippen molar-refractivity contribution in [3.05, 3.63) is 42.1 Å². The third-order valence-electron chi connectivity index (χ3n) is 3.11. The van der Waals surface area contributed by atoms with E-state index in [1.165, 1.54) is 6.92 Å². The van der Waals surface area contributed by atoms with E-state index in [1.807, 2.05) is 30.3 Å². The number of nitrogens with zero attached hydrogens (tertiary/aromatic N) is 1. The number of fused-ring (bicyclic) bond motifs is 1. The molecule has 6 heteroatoms. The Hall–Kier alpha value is -2.63. The summed E-state index contributed by atoms with van der Waals surface area (Å²) in [6.07, 6.45) is 2.36. The van der Waals surface area contributed by atoms with Crippen LogP contribution in [0.3, 0.4) is 0 Å². The molecule has 1 heterocycles. The molecule has 0 fully saturated rings. The van der Waals surface area contributed by atoms with Crippen LogP contribution in [-0.4, -0.2) is 34.7 Å². The molecule has 1 aromatic heterocycles. The van der Waals surface area contributed by atoms with Crippen molar-refractivity contribution in [1.29, 1.82) is 0 Å². The van der Waals surface area contributed by atoms with Crippen LogP contribution in [-0.2, 0) is 11.2 Å². The highest BCUT2D eigenvalue weighted by molar-refractivity contribution is 5.83. The number of carboxylic acid groups (broad SMARTS) is 1. The van der Waals surface area contributed by atoms with Crippen LogP contribution in [0.1, 0.15) is 12.5 Å². The smallest absolute Gasteiger partial charge is 0.325 e. The molecule has 110 valence electrons. The minimum Gasteiger partial charge on any atom is -0.480 e. The van der Waals surface area contributed by atoms with Gasteiger partial charge in [-0.2, -0.15) is 0 Å². The summed E-state index contributed by atoms with van der Waals surface area (Å²) in [6, 6.07) is 8.37. The van der Waals surface area contributed by atoms with Gasteiger partial charge in [-0.15, -0.1) is 0 Å². The molecule has 0 radical (unpaired) electrons. The lowest BCUT2D eigenvalue weighted by Crippen LogP contribution is -2.44. The minimum atomic E-state index is -1.07. The van der Waals surface area contributed by atoms with E-state index in [2.05, 4.69) is 15.6 Å². The number of carboxylic acids is 1. The quantitative estimate of drug-likeness (QED) is 0.778. The van der Waals surface area contributed by atoms with Crippen molar-refractivity contribution in [2.24, 2.45) is 0 Å². The maximum absolute atomic E-state index is 11.5. The molecule has 21 heavy (non-hydrogen) atoms. The van der Waals surface area contributed by atoms with Crippen LogP contribution >= 0.6 is 0 Å². The van der Waals surface area contributed by atoms with Gasteiger partial charge in [0.25, 0.3) is 0 Å². The molecule has 0 aliphatic heterocycles. The molecule has 2 amide bonds. The molecule has 0 saturated carbocycles. The van der Waals surface area contributed by atoms with E-state index in [1.54, 1.807) is 6.20 Å². The largest absolute Gasteiger partial charge is 0.480 e. The van der Waals surface area contributed by atoms with Gasteiger partial charge in [0.05, 0.1) is 5.52 Å². The van der Waals surface area contributed by atoms with Gasteiger partial charge in [0.2, 0.25) is 0 Å². The fourth-order valence-electron chi connectivity index (χ4n) is 1.99. The number of para-hydroxylation sites is 1. The Labute approximate surface area is 122 Å². The Balaban J connectivity index is 1.91. The summed E-state index contributed by atoms with van der Waals surface area (Å²) in [6.45, 7) is 1.82. The molecule has 0 saturated heterocycles. The van der Waals surface area contributed by atoms with Crippen LogP contribution < -0.4 is 10.6 Å². The monoisotopic (exact) mass is 287 g/mol. The number of benzene rings is 1. The number of rotatable bonds is 5. The molecule has 3 N–H and O–H groups in total. The summed E-state index contributed by atoms with van der Waals surface area (Å²) >= 11 is 0. The first-order valence-corrected chi connectivity index (χ1v) is 6.67. The van der Waals surface area contributed by atoms with Crippen molar-refractivity contribution in [3.63, 3.8) is 0 Å². The highest BCUT2D eigenvalue weighted by Crippen LogP contribution is 2.15. The third-order valence-corrected chi connectivity index (χ3v) is 3.11. The molecular formula is C15H17N3O3. The minimum absolute atomic E-state index is 0.411. The van der Waals surface area contributed by atoms with Crippen LogP contribution in [0.25, 0.3) is 10.9 Å². The van der Waals surface area contributed by atoms with Crippen molar-refractivity contribution in [2.45, 2.75) is 19.4 Å². The number of hydrogen-bond donors (Lipinski definition) is 3. The van der Waals surface area contributed by atoms with Gasteiger partial charge in [0, 0.05) is 18.1 Å². The van der Waals surface area contributed by atoms with Crippen molar-refractivity contribution in [2.75, 3.05) is 6.54 Å². The van der Waals surface area contributed by atoms with E-state index in [-0.39, 0.29) is 0 Å². The maximum Gasteiger partial charge on any atom is 0.325 e. The highest BCUT2D eigenvalue weighted by atomic mass is 16.4. The number of carbonyl (C=O) groups excluding carboxylic acids is 1. The summed E-state index contributed by atoms with van der Waals surface area (Å²) in [5, 5.41) is 14.7. The van der Waals surface area contributed by atoms with Gasteiger partial charge in [-0.25, -0.2) is 4.79 Å². The lowest BCUT2D eigenvalue weighted by Gasteiger charge is -2.11. The Morgan fingerprint density at radius 1 is 1.29 bits per heavy atom. The standard InChI is InChI=1S/C15H17N3O3/c1-10(14(19)20)18-15(21)17-9-7-12-5-2-4-11-6-3-8-16-13(11)12/h2-6,8,10H,7,9H2,1H3,(H,19,20)(H2,17,18,21)/t10-/m1/s1. The lowest BCUT2D eigenvalue weighted by molar-refractivity contribution is -0.138. The first-order chi connectivity index (χ1) is 10.1. The van der Waals surface area contributed by atoms with Gasteiger partial charge in [-0.3, -0.25) is 9.78 Å². The van der Waals surface area contributed by atoms with Crippen LogP contribution in [0.5, 0.6) is 0 Å². The van der Waals surface area contributed by atoms with Gasteiger partial charge < -0.3 is 15.7 Å². The predicted molar refractivity (Wildman–Crippen MR) is 79.1 cm³/mol. The zero-order valence-electron chi connectivity index (χ0n) is 11.7. The molecule has 6 nitrogen and oxygen atoms in total. The summed E-state index contributed by atoms with van der Waals surface area (Å²) < 4.78 is 0. The Kier molecular flexibility index (Phi) is 4.71. The summed E-state index contributed by atoms with van der Waals surface area (Å²) in [4.78, 5) is 26.5. The highest BCUT2D eigenvalue weighted by Gasteiger charge is 2.13. The average Bonchev–Trinajstić information content (AvgIpc) is 2.47. The lowest BCUT2D eigenvalue weighted by atomic mass is 10.1. The second-order valence-corrected chi connectivity index (χ2v) is 4.70. The fraction of sp³-hybridized carbons (Fsp3) is 0.267. The second kappa shape index (κ2) is 6.69. The first-order valence-electron chi connectivity index (χ1n) is 6.67. The number of hydrogen-bond acceptors (Lipinski definition) is 3. The Morgan fingerprint density at radius 2 is 2.05 bits per heavy atom. The number of aromatic nitrogens is 1. The van der Waals surface area contributed by atoms with E-state index >= 15 is 0 Å². The molecule has 0 aliphatic rings. The molecule has 1 aromatic carbocycles. The van der Waals surface area contributed by atoms with Crippen LogP contribution in [0.2, 0.25) is 0 Å². The normalized spacial score (nSPS) is 11.9. The number of carbonyl (C=O) groups is 2.